The fourth-order valence-electron chi connectivity index (χ4n) is 2.59. The van der Waals surface area contributed by atoms with E-state index < -0.39 is 34.3 Å². The van der Waals surface area contributed by atoms with Crippen LogP contribution in [0.2, 0.25) is 0 Å². The molecule has 0 aromatic heterocycles. The van der Waals surface area contributed by atoms with Crippen LogP contribution in [0.5, 0.6) is 0 Å². The molecule has 0 aliphatic carbocycles. The van der Waals surface area contributed by atoms with Crippen LogP contribution in [0, 0.1) is 6.92 Å². The van der Waals surface area contributed by atoms with Gasteiger partial charge in [-0.25, -0.2) is 8.42 Å². The Labute approximate surface area is 161 Å². The molecule has 1 saturated heterocycles. The second kappa shape index (κ2) is 7.50. The second-order valence-corrected chi connectivity index (χ2v) is 7.98. The molecule has 0 saturated carbocycles. The quantitative estimate of drug-likeness (QED) is 0.505. The van der Waals surface area contributed by atoms with E-state index in [-0.39, 0.29) is 15.9 Å². The monoisotopic (exact) mass is 403 g/mol. The van der Waals surface area contributed by atoms with Crippen LogP contribution in [0.1, 0.15) is 22.3 Å². The van der Waals surface area contributed by atoms with Gasteiger partial charge in [0.2, 0.25) is 10.0 Å². The number of carbonyl (C=O) groups is 3. The van der Waals surface area contributed by atoms with Gasteiger partial charge < -0.3 is 5.32 Å². The number of benzene rings is 2. The van der Waals surface area contributed by atoms with Gasteiger partial charge in [0, 0.05) is 11.3 Å². The van der Waals surface area contributed by atoms with Crippen molar-refractivity contribution in [2.75, 3.05) is 5.32 Å². The molecule has 0 spiro atoms. The number of hydroxylamine groups is 2. The van der Waals surface area contributed by atoms with E-state index in [1.54, 1.807) is 24.3 Å². The number of rotatable bonds is 5. The Bertz CT molecular complexity index is 1030. The van der Waals surface area contributed by atoms with Crippen molar-refractivity contribution in [3.8, 4) is 0 Å². The highest BCUT2D eigenvalue weighted by Crippen LogP contribution is 2.18. The van der Waals surface area contributed by atoms with Gasteiger partial charge in [0.25, 0.3) is 17.7 Å². The van der Waals surface area contributed by atoms with Crippen molar-refractivity contribution < 1.29 is 28.0 Å². The Balaban J connectivity index is 1.69. The highest BCUT2D eigenvalue weighted by atomic mass is 32.2. The Morgan fingerprint density at radius 1 is 1.07 bits per heavy atom. The third kappa shape index (κ3) is 4.09. The predicted octanol–water partition coefficient (Wildman–Crippen LogP) is 1.04. The zero-order valence-corrected chi connectivity index (χ0v) is 15.6. The van der Waals surface area contributed by atoms with Crippen molar-refractivity contribution in [3.63, 3.8) is 0 Å². The van der Waals surface area contributed by atoms with Crippen molar-refractivity contribution in [1.82, 2.24) is 9.79 Å². The minimum Gasteiger partial charge on any atom is -0.322 e. The van der Waals surface area contributed by atoms with Gasteiger partial charge in [0.1, 0.15) is 6.04 Å². The second-order valence-electron chi connectivity index (χ2n) is 6.27. The first-order valence-corrected chi connectivity index (χ1v) is 9.72. The summed E-state index contributed by atoms with van der Waals surface area (Å²) in [5.74, 6) is -2.26. The molecule has 28 heavy (non-hydrogen) atoms. The molecule has 1 aliphatic rings. The molecule has 0 unspecified atom stereocenters. The molecule has 3 rings (SSSR count). The molecular weight excluding hydrogens is 386 g/mol. The maximum absolute atomic E-state index is 12.4. The van der Waals surface area contributed by atoms with Crippen LogP contribution in [0.4, 0.5) is 5.69 Å². The molecule has 146 valence electrons. The van der Waals surface area contributed by atoms with Crippen molar-refractivity contribution >= 4 is 33.4 Å². The van der Waals surface area contributed by atoms with Crippen LogP contribution in [0.25, 0.3) is 0 Å². The van der Waals surface area contributed by atoms with E-state index in [4.69, 9.17) is 0 Å². The highest BCUT2D eigenvalue weighted by molar-refractivity contribution is 7.89. The van der Waals surface area contributed by atoms with E-state index in [0.29, 0.717) is 11.3 Å². The number of carbonyl (C=O) groups excluding carboxylic acids is 3. The molecule has 0 bridgehead atoms. The van der Waals surface area contributed by atoms with Crippen LogP contribution in [-0.4, -0.2) is 42.5 Å². The molecule has 1 atom stereocenters. The zero-order valence-electron chi connectivity index (χ0n) is 14.7. The smallest absolute Gasteiger partial charge is 0.271 e. The summed E-state index contributed by atoms with van der Waals surface area (Å²) in [5.41, 5.74) is 1.87. The number of nitrogens with zero attached hydrogens (tertiary/aromatic N) is 1. The van der Waals surface area contributed by atoms with E-state index in [9.17, 15) is 28.0 Å². The zero-order chi connectivity index (χ0) is 20.5. The van der Waals surface area contributed by atoms with Crippen LogP contribution >= 0.6 is 0 Å². The van der Waals surface area contributed by atoms with E-state index in [1.807, 2.05) is 6.92 Å². The molecule has 3 amide bonds. The number of imide groups is 1. The molecule has 9 nitrogen and oxygen atoms in total. The summed E-state index contributed by atoms with van der Waals surface area (Å²) in [4.78, 5) is 35.0. The molecule has 2 aromatic rings. The van der Waals surface area contributed by atoms with Gasteiger partial charge in [-0.1, -0.05) is 17.7 Å². The third-order valence-electron chi connectivity index (χ3n) is 4.16. The molecule has 2 aromatic carbocycles. The van der Waals surface area contributed by atoms with E-state index >= 15 is 0 Å². The largest absolute Gasteiger partial charge is 0.322 e. The number of amides is 3. The summed E-state index contributed by atoms with van der Waals surface area (Å²) in [5, 5.41) is 11.7. The first kappa shape index (κ1) is 19.7. The number of anilines is 1. The molecule has 1 heterocycles. The summed E-state index contributed by atoms with van der Waals surface area (Å²) in [6.45, 7) is 1.90. The first-order valence-electron chi connectivity index (χ1n) is 8.23. The molecule has 3 N–H and O–H groups in total. The summed E-state index contributed by atoms with van der Waals surface area (Å²) in [7, 11) is -4.10. The minimum atomic E-state index is -4.10. The van der Waals surface area contributed by atoms with E-state index in [0.717, 1.165) is 5.56 Å². The van der Waals surface area contributed by atoms with Crippen LogP contribution in [0.3, 0.4) is 0 Å². The van der Waals surface area contributed by atoms with E-state index in [1.165, 1.54) is 24.3 Å². The third-order valence-corrected chi connectivity index (χ3v) is 5.64. The van der Waals surface area contributed by atoms with Crippen LogP contribution in [-0.2, 0) is 19.6 Å². The molecule has 10 heteroatoms. The molecule has 1 aliphatic heterocycles. The molecule has 0 radical (unpaired) electrons. The number of sulfonamides is 1. The SMILES string of the molecule is Cc1ccc(C(=O)Nc2ccc(S(=O)(=O)N[C@@H]3CC(=O)N(O)C3=O)cc2)cc1. The lowest BCUT2D eigenvalue weighted by Gasteiger charge is -2.12. The van der Waals surface area contributed by atoms with Gasteiger partial charge in [-0.15, -0.1) is 0 Å². The van der Waals surface area contributed by atoms with Gasteiger partial charge in [-0.05, 0) is 43.3 Å². The Morgan fingerprint density at radius 2 is 1.68 bits per heavy atom. The number of nitrogens with one attached hydrogen (secondary N) is 2. The van der Waals surface area contributed by atoms with Gasteiger partial charge in [0.05, 0.1) is 11.3 Å². The maximum atomic E-state index is 12.4. The van der Waals surface area contributed by atoms with Crippen molar-refractivity contribution in [1.29, 1.82) is 0 Å². The lowest BCUT2D eigenvalue weighted by molar-refractivity contribution is -0.171. The van der Waals surface area contributed by atoms with Crippen molar-refractivity contribution in [2.45, 2.75) is 24.3 Å². The van der Waals surface area contributed by atoms with Crippen molar-refractivity contribution in [2.24, 2.45) is 0 Å². The molecular formula is C18H17N3O6S. The summed E-state index contributed by atoms with van der Waals surface area (Å²) >= 11 is 0. The normalized spacial score (nSPS) is 17.1. The summed E-state index contributed by atoms with van der Waals surface area (Å²) in [6, 6.07) is 10.9. The maximum Gasteiger partial charge on any atom is 0.271 e. The standard InChI is InChI=1S/C18H17N3O6S/c1-11-2-4-12(5-3-11)17(23)19-13-6-8-14(9-7-13)28(26,27)20-15-10-16(22)21(25)18(15)24/h2-9,15,20,25H,10H2,1H3,(H,19,23)/t15-/m1/s1. The van der Waals surface area contributed by atoms with Crippen molar-refractivity contribution in [3.05, 3.63) is 59.7 Å². The summed E-state index contributed by atoms with van der Waals surface area (Å²) in [6.07, 6.45) is -0.459. The van der Waals surface area contributed by atoms with E-state index in [2.05, 4.69) is 10.0 Å². The average Bonchev–Trinajstić information content (AvgIpc) is 2.89. The summed E-state index contributed by atoms with van der Waals surface area (Å²) < 4.78 is 26.8. The fraction of sp³-hybridized carbons (Fsp3) is 0.167. The first-order chi connectivity index (χ1) is 13.2. The minimum absolute atomic E-state index is 0.100. The van der Waals surface area contributed by atoms with Gasteiger partial charge in [-0.3, -0.25) is 19.6 Å². The highest BCUT2D eigenvalue weighted by Gasteiger charge is 2.40. The Morgan fingerprint density at radius 3 is 2.21 bits per heavy atom. The average molecular weight is 403 g/mol. The number of aryl methyl sites for hydroxylation is 1. The van der Waals surface area contributed by atoms with Gasteiger partial charge >= 0.3 is 0 Å². The van der Waals surface area contributed by atoms with Gasteiger partial charge in [-0.2, -0.15) is 9.79 Å². The topological polar surface area (TPSA) is 133 Å². The Kier molecular flexibility index (Phi) is 5.27. The van der Waals surface area contributed by atoms with Crippen LogP contribution < -0.4 is 10.0 Å². The Hall–Kier alpha value is -3.08. The lowest BCUT2D eigenvalue weighted by Crippen LogP contribution is -2.40. The molecule has 1 fully saturated rings. The number of hydrogen-bond donors (Lipinski definition) is 3. The predicted molar refractivity (Wildman–Crippen MR) is 97.9 cm³/mol. The van der Waals surface area contributed by atoms with Gasteiger partial charge in [0.15, 0.2) is 0 Å². The lowest BCUT2D eigenvalue weighted by atomic mass is 10.1. The fourth-order valence-corrected chi connectivity index (χ4v) is 3.78. The number of hydrogen-bond acceptors (Lipinski definition) is 6. The van der Waals surface area contributed by atoms with Crippen LogP contribution in [0.15, 0.2) is 53.4 Å².